The molecule has 1 heterocycles. The van der Waals surface area contributed by atoms with Crippen LogP contribution in [0, 0.1) is 5.92 Å². The van der Waals surface area contributed by atoms with Crippen LogP contribution < -0.4 is 0 Å². The first kappa shape index (κ1) is 11.6. The van der Waals surface area contributed by atoms with Crippen molar-refractivity contribution in [2.75, 3.05) is 0 Å². The lowest BCUT2D eigenvalue weighted by Crippen LogP contribution is -2.41. The molecule has 0 amide bonds. The first-order chi connectivity index (χ1) is 6.81. The minimum atomic E-state index is -2.04. The minimum absolute atomic E-state index is 0.117. The van der Waals surface area contributed by atoms with Crippen LogP contribution in [0.4, 0.5) is 0 Å². The molecule has 1 aliphatic carbocycles. The Balaban J connectivity index is 1.96. The molecule has 1 aliphatic heterocycles. The van der Waals surface area contributed by atoms with E-state index < -0.39 is 8.32 Å². The maximum atomic E-state index is 10.3. The molecule has 0 aromatic carbocycles. The third-order valence-corrected chi connectivity index (χ3v) is 8.10. The van der Waals surface area contributed by atoms with E-state index in [1.54, 1.807) is 0 Å². The topological polar surface area (TPSA) is 32.8 Å². The molecule has 0 spiro atoms. The van der Waals surface area contributed by atoms with Gasteiger partial charge in [-0.25, -0.2) is 0 Å². The smallest absolute Gasteiger partial charge is 0.188 e. The minimum Gasteiger partial charge on any atom is -0.432 e. The molecule has 1 N–H and O–H groups in total. The lowest BCUT2D eigenvalue weighted by atomic mass is 9.83. The summed E-state index contributed by atoms with van der Waals surface area (Å²) in [4.78, 5) is 10.3. The monoisotopic (exact) mass is 228 g/mol. The number of ether oxygens (including phenoxy) is 1. The SMILES string of the molecule is CC(C)(C[C@H]1CCCC2O[C@H]21)[Si](C)(C)O. The first-order valence-corrected chi connectivity index (χ1v) is 9.14. The van der Waals surface area contributed by atoms with E-state index in [0.717, 1.165) is 6.42 Å². The van der Waals surface area contributed by atoms with Crippen LogP contribution in [0.3, 0.4) is 0 Å². The molecule has 15 heavy (non-hydrogen) atoms. The summed E-state index contributed by atoms with van der Waals surface area (Å²) >= 11 is 0. The van der Waals surface area contributed by atoms with Crippen molar-refractivity contribution in [1.82, 2.24) is 0 Å². The van der Waals surface area contributed by atoms with E-state index in [1.807, 2.05) is 0 Å². The standard InChI is InChI=1S/C12H24O2Si/c1-12(2,15(3,4)13)8-9-6-5-7-10-11(9)14-10/h9-11,13H,5-8H2,1-4H3/t9-,10?,11+/m1/s1. The van der Waals surface area contributed by atoms with Gasteiger partial charge >= 0.3 is 0 Å². The molecule has 2 rings (SSSR count). The van der Waals surface area contributed by atoms with Crippen LogP contribution in [0.25, 0.3) is 0 Å². The Morgan fingerprint density at radius 1 is 1.33 bits per heavy atom. The van der Waals surface area contributed by atoms with Gasteiger partial charge in [0.15, 0.2) is 8.32 Å². The quantitative estimate of drug-likeness (QED) is 0.595. The summed E-state index contributed by atoms with van der Waals surface area (Å²) in [5.74, 6) is 0.706. The van der Waals surface area contributed by atoms with Crippen molar-refractivity contribution < 1.29 is 9.53 Å². The predicted molar refractivity (Wildman–Crippen MR) is 64.4 cm³/mol. The van der Waals surface area contributed by atoms with Crippen LogP contribution in [0.1, 0.15) is 39.5 Å². The van der Waals surface area contributed by atoms with Gasteiger partial charge in [-0.2, -0.15) is 0 Å². The van der Waals surface area contributed by atoms with Crippen LogP contribution >= 0.6 is 0 Å². The Bertz CT molecular complexity index is 244. The summed E-state index contributed by atoms with van der Waals surface area (Å²) in [7, 11) is -2.04. The van der Waals surface area contributed by atoms with Gasteiger partial charge in [-0.1, -0.05) is 20.3 Å². The van der Waals surface area contributed by atoms with Gasteiger partial charge in [0.05, 0.1) is 12.2 Å². The molecule has 2 nitrogen and oxygen atoms in total. The number of fused-ring (bicyclic) bond motifs is 1. The zero-order chi connectivity index (χ0) is 11.3. The molecule has 3 heteroatoms. The Labute approximate surface area is 94.2 Å². The second-order valence-electron chi connectivity index (χ2n) is 6.48. The summed E-state index contributed by atoms with van der Waals surface area (Å²) in [5, 5.41) is 0.117. The Morgan fingerprint density at radius 2 is 2.00 bits per heavy atom. The third kappa shape index (κ3) is 2.29. The van der Waals surface area contributed by atoms with Gasteiger partial charge < -0.3 is 9.53 Å². The molecule has 0 bridgehead atoms. The van der Waals surface area contributed by atoms with Crippen LogP contribution in [0.2, 0.25) is 18.1 Å². The molecule has 0 aromatic rings. The number of rotatable bonds is 3. The lowest BCUT2D eigenvalue weighted by molar-refractivity contribution is 0.277. The third-order valence-electron chi connectivity index (χ3n) is 4.58. The Kier molecular flexibility index (Phi) is 2.77. The molecule has 0 radical (unpaired) electrons. The van der Waals surface area contributed by atoms with Gasteiger partial charge in [-0.3, -0.25) is 0 Å². The maximum Gasteiger partial charge on any atom is 0.188 e. The van der Waals surface area contributed by atoms with Crippen molar-refractivity contribution in [3.63, 3.8) is 0 Å². The average molecular weight is 228 g/mol. The number of epoxide rings is 1. The Hall–Kier alpha value is 0.137. The second kappa shape index (κ2) is 3.57. The lowest BCUT2D eigenvalue weighted by Gasteiger charge is -2.38. The molecule has 2 fully saturated rings. The fourth-order valence-electron chi connectivity index (χ4n) is 2.67. The highest BCUT2D eigenvalue weighted by Gasteiger charge is 2.50. The van der Waals surface area contributed by atoms with E-state index >= 15 is 0 Å². The summed E-state index contributed by atoms with van der Waals surface area (Å²) in [6, 6.07) is 0. The molecule has 2 aliphatic rings. The fraction of sp³-hybridized carbons (Fsp3) is 1.00. The van der Waals surface area contributed by atoms with Crippen molar-refractivity contribution in [3.05, 3.63) is 0 Å². The summed E-state index contributed by atoms with van der Waals surface area (Å²) in [6.45, 7) is 8.57. The van der Waals surface area contributed by atoms with Gasteiger partial charge in [-0.05, 0) is 43.3 Å². The van der Waals surface area contributed by atoms with E-state index in [1.165, 1.54) is 19.3 Å². The Morgan fingerprint density at radius 3 is 2.60 bits per heavy atom. The number of hydrogen-bond acceptors (Lipinski definition) is 2. The van der Waals surface area contributed by atoms with Gasteiger partial charge in [0, 0.05) is 0 Å². The highest BCUT2D eigenvalue weighted by Crippen LogP contribution is 2.49. The normalized spacial score (nSPS) is 36.2. The summed E-state index contributed by atoms with van der Waals surface area (Å²) in [6.07, 6.45) is 6.13. The van der Waals surface area contributed by atoms with Crippen LogP contribution in [-0.4, -0.2) is 25.3 Å². The van der Waals surface area contributed by atoms with E-state index in [0.29, 0.717) is 18.1 Å². The van der Waals surface area contributed by atoms with E-state index in [2.05, 4.69) is 26.9 Å². The predicted octanol–water partition coefficient (Wildman–Crippen LogP) is 2.92. The molecule has 1 unspecified atom stereocenters. The van der Waals surface area contributed by atoms with Crippen molar-refractivity contribution in [2.45, 2.75) is 69.9 Å². The molecule has 88 valence electrons. The van der Waals surface area contributed by atoms with Crippen LogP contribution in [-0.2, 0) is 4.74 Å². The molecular weight excluding hydrogens is 204 g/mol. The van der Waals surface area contributed by atoms with Gasteiger partial charge in [-0.15, -0.1) is 0 Å². The zero-order valence-corrected chi connectivity index (χ0v) is 11.4. The van der Waals surface area contributed by atoms with Gasteiger partial charge in [0.25, 0.3) is 0 Å². The van der Waals surface area contributed by atoms with Crippen LogP contribution in [0.15, 0.2) is 0 Å². The van der Waals surface area contributed by atoms with Gasteiger partial charge in [0.1, 0.15) is 0 Å². The van der Waals surface area contributed by atoms with Gasteiger partial charge in [0.2, 0.25) is 0 Å². The van der Waals surface area contributed by atoms with E-state index in [9.17, 15) is 4.80 Å². The fourth-order valence-corrected chi connectivity index (χ4v) is 3.43. The molecule has 0 aromatic heterocycles. The molecular formula is C12H24O2Si. The van der Waals surface area contributed by atoms with Crippen LogP contribution in [0.5, 0.6) is 0 Å². The molecule has 3 atom stereocenters. The first-order valence-electron chi connectivity index (χ1n) is 6.19. The summed E-state index contributed by atoms with van der Waals surface area (Å²) < 4.78 is 5.68. The van der Waals surface area contributed by atoms with Crippen molar-refractivity contribution in [3.8, 4) is 0 Å². The second-order valence-corrected chi connectivity index (χ2v) is 10.9. The highest BCUT2D eigenvalue weighted by molar-refractivity contribution is 6.72. The largest absolute Gasteiger partial charge is 0.432 e. The highest BCUT2D eigenvalue weighted by atomic mass is 28.4. The van der Waals surface area contributed by atoms with E-state index in [4.69, 9.17) is 4.74 Å². The average Bonchev–Trinajstić information content (AvgIpc) is 2.80. The molecule has 1 saturated heterocycles. The number of hydrogen-bond donors (Lipinski definition) is 1. The maximum absolute atomic E-state index is 10.3. The van der Waals surface area contributed by atoms with Crippen molar-refractivity contribution in [2.24, 2.45) is 5.92 Å². The molecule has 1 saturated carbocycles. The van der Waals surface area contributed by atoms with E-state index in [-0.39, 0.29) is 5.04 Å². The zero-order valence-electron chi connectivity index (χ0n) is 10.4. The van der Waals surface area contributed by atoms with Crippen molar-refractivity contribution >= 4 is 8.32 Å². The van der Waals surface area contributed by atoms with Crippen molar-refractivity contribution in [1.29, 1.82) is 0 Å². The summed E-state index contributed by atoms with van der Waals surface area (Å²) in [5.41, 5.74) is 0.